The standard InChI is InChI=1S/C32H38N2O5/c1-17-8-7-10-23-30(38)20(4)19(3)28-25(15-21-16-33-24-11-6-5-9-22(21)24)34-31(39)32(23,28)27(36)13-12-26(35)29(37)18(2)14-17/h5-7,9-14,16-17,23,25-26,28-30,33,35,37-38H,8,15H2,1-4H3,(H,34,39)/b10-7-,13-12-,18-14+/t17-,23-,25-,26-,28-,29+,30+,32+/m0/s1. The van der Waals surface area contributed by atoms with Gasteiger partial charge in [-0.25, -0.2) is 0 Å². The van der Waals surface area contributed by atoms with Gasteiger partial charge in [0.1, 0.15) is 17.6 Å². The van der Waals surface area contributed by atoms with E-state index in [4.69, 9.17) is 0 Å². The molecule has 2 aromatic rings. The van der Waals surface area contributed by atoms with E-state index in [-0.39, 0.29) is 12.0 Å². The maximum Gasteiger partial charge on any atom is 0.235 e. The SMILES string of the molecule is CC1=C(C)[C@H]2[C@H](Cc3c[nH]c4ccccc34)NC(=O)[C@]23C(=O)/C=C\[C@H](O)[C@H](O)/C(C)=C/[C@@H](C)C/C=C\[C@H]3[C@@H]1O. The summed E-state index contributed by atoms with van der Waals surface area (Å²) in [6.07, 6.45) is 7.71. The second-order valence-electron chi connectivity index (χ2n) is 11.5. The van der Waals surface area contributed by atoms with Crippen LogP contribution in [-0.4, -0.2) is 56.3 Å². The van der Waals surface area contributed by atoms with Gasteiger partial charge in [-0.2, -0.15) is 0 Å². The molecule has 5 N–H and O–H groups in total. The van der Waals surface area contributed by atoms with Crippen molar-refractivity contribution in [1.82, 2.24) is 10.3 Å². The maximum absolute atomic E-state index is 14.2. The Morgan fingerprint density at radius 2 is 1.74 bits per heavy atom. The molecule has 2 heterocycles. The van der Waals surface area contributed by atoms with Crippen molar-refractivity contribution in [2.45, 2.75) is 64.9 Å². The van der Waals surface area contributed by atoms with Crippen LogP contribution in [0.4, 0.5) is 0 Å². The molecule has 7 nitrogen and oxygen atoms in total. The normalized spacial score (nSPS) is 38.5. The minimum absolute atomic E-state index is 0.0430. The predicted octanol–water partition coefficient (Wildman–Crippen LogP) is 3.53. The van der Waals surface area contributed by atoms with Crippen LogP contribution in [0.25, 0.3) is 10.9 Å². The topological polar surface area (TPSA) is 123 Å². The minimum atomic E-state index is -1.59. The Kier molecular flexibility index (Phi) is 7.27. The van der Waals surface area contributed by atoms with Gasteiger partial charge in [0.15, 0.2) is 5.78 Å². The highest BCUT2D eigenvalue weighted by Gasteiger charge is 2.66. The number of fused-ring (bicyclic) bond motifs is 1. The molecular weight excluding hydrogens is 492 g/mol. The average Bonchev–Trinajstić information content (AvgIpc) is 3.45. The lowest BCUT2D eigenvalue weighted by Gasteiger charge is -2.45. The highest BCUT2D eigenvalue weighted by atomic mass is 16.3. The van der Waals surface area contributed by atoms with Crippen molar-refractivity contribution in [3.05, 3.63) is 83.1 Å². The zero-order chi connectivity index (χ0) is 28.1. The van der Waals surface area contributed by atoms with Crippen LogP contribution in [0.15, 0.2) is 77.6 Å². The van der Waals surface area contributed by atoms with Crippen LogP contribution in [0.3, 0.4) is 0 Å². The number of allylic oxidation sites excluding steroid dienone is 3. The number of carbonyl (C=O) groups excluding carboxylic acids is 2. The number of ketones is 1. The summed E-state index contributed by atoms with van der Waals surface area (Å²) in [5, 5.41) is 37.0. The molecule has 0 radical (unpaired) electrons. The van der Waals surface area contributed by atoms with Crippen LogP contribution in [0, 0.1) is 23.2 Å². The Balaban J connectivity index is 1.64. The van der Waals surface area contributed by atoms with Gasteiger partial charge < -0.3 is 25.6 Å². The number of aliphatic hydroxyl groups excluding tert-OH is 3. The number of para-hydroxylation sites is 1. The lowest BCUT2D eigenvalue weighted by atomic mass is 9.55. The molecular formula is C32H38N2O5. The van der Waals surface area contributed by atoms with Gasteiger partial charge in [-0.3, -0.25) is 9.59 Å². The first-order chi connectivity index (χ1) is 18.6. The van der Waals surface area contributed by atoms with Crippen LogP contribution >= 0.6 is 0 Å². The number of H-pyrrole nitrogens is 1. The highest BCUT2D eigenvalue weighted by molar-refractivity contribution is 6.14. The Hall–Kier alpha value is -3.26. The van der Waals surface area contributed by atoms with Gasteiger partial charge in [-0.05, 0) is 74.5 Å². The number of benzene rings is 1. The van der Waals surface area contributed by atoms with E-state index in [1.807, 2.05) is 69.5 Å². The molecule has 206 valence electrons. The molecule has 5 rings (SSSR count). The number of aliphatic hydroxyl groups is 3. The van der Waals surface area contributed by atoms with Gasteiger partial charge in [0.25, 0.3) is 0 Å². The molecule has 1 saturated heterocycles. The molecule has 0 saturated carbocycles. The second-order valence-corrected chi connectivity index (χ2v) is 11.5. The molecule has 2 aliphatic carbocycles. The summed E-state index contributed by atoms with van der Waals surface area (Å²) in [7, 11) is 0. The summed E-state index contributed by atoms with van der Waals surface area (Å²) in [6, 6.07) is 7.60. The fourth-order valence-corrected chi connectivity index (χ4v) is 6.98. The van der Waals surface area contributed by atoms with Crippen molar-refractivity contribution in [3.8, 4) is 0 Å². The Bertz CT molecular complexity index is 1410. The number of hydrogen-bond donors (Lipinski definition) is 5. The molecule has 3 aliphatic rings. The lowest BCUT2D eigenvalue weighted by Crippen LogP contribution is -2.55. The molecule has 1 aliphatic heterocycles. The summed E-state index contributed by atoms with van der Waals surface area (Å²) in [5.74, 6) is -2.14. The molecule has 0 unspecified atom stereocenters. The zero-order valence-corrected chi connectivity index (χ0v) is 22.9. The fraction of sp³-hybridized carbons (Fsp3) is 0.438. The van der Waals surface area contributed by atoms with Gasteiger partial charge in [-0.1, -0.05) is 48.9 Å². The maximum atomic E-state index is 14.2. The van der Waals surface area contributed by atoms with E-state index >= 15 is 0 Å². The predicted molar refractivity (Wildman–Crippen MR) is 151 cm³/mol. The number of aromatic nitrogens is 1. The number of aromatic amines is 1. The zero-order valence-electron chi connectivity index (χ0n) is 22.9. The molecule has 8 atom stereocenters. The van der Waals surface area contributed by atoms with Crippen LogP contribution in [0.5, 0.6) is 0 Å². The smallest absolute Gasteiger partial charge is 0.235 e. The molecule has 1 aromatic carbocycles. The van der Waals surface area contributed by atoms with E-state index in [0.29, 0.717) is 18.4 Å². The van der Waals surface area contributed by atoms with Crippen LogP contribution in [0.2, 0.25) is 0 Å². The third-order valence-electron chi connectivity index (χ3n) is 9.14. The number of hydrogen-bond acceptors (Lipinski definition) is 5. The summed E-state index contributed by atoms with van der Waals surface area (Å²) >= 11 is 0. The number of carbonyl (C=O) groups is 2. The van der Waals surface area contributed by atoms with Crippen molar-refractivity contribution < 1.29 is 24.9 Å². The van der Waals surface area contributed by atoms with Gasteiger partial charge in [0.2, 0.25) is 5.91 Å². The van der Waals surface area contributed by atoms with Gasteiger partial charge in [-0.15, -0.1) is 0 Å². The first-order valence-corrected chi connectivity index (χ1v) is 13.7. The van der Waals surface area contributed by atoms with Gasteiger partial charge >= 0.3 is 0 Å². The van der Waals surface area contributed by atoms with Crippen LogP contribution in [-0.2, 0) is 16.0 Å². The van der Waals surface area contributed by atoms with Crippen molar-refractivity contribution in [2.24, 2.45) is 23.2 Å². The van der Waals surface area contributed by atoms with E-state index in [9.17, 15) is 24.9 Å². The van der Waals surface area contributed by atoms with Crippen molar-refractivity contribution in [2.75, 3.05) is 0 Å². The number of amides is 1. The van der Waals surface area contributed by atoms with E-state index in [1.54, 1.807) is 6.92 Å². The molecule has 1 aromatic heterocycles. The van der Waals surface area contributed by atoms with E-state index < -0.39 is 47.3 Å². The monoisotopic (exact) mass is 530 g/mol. The van der Waals surface area contributed by atoms with Crippen molar-refractivity contribution >= 4 is 22.6 Å². The summed E-state index contributed by atoms with van der Waals surface area (Å²) in [6.45, 7) is 7.52. The second kappa shape index (κ2) is 10.4. The average molecular weight is 531 g/mol. The molecule has 1 amide bonds. The third kappa shape index (κ3) is 4.42. The quantitative estimate of drug-likeness (QED) is 0.300. The van der Waals surface area contributed by atoms with Crippen molar-refractivity contribution in [3.63, 3.8) is 0 Å². The first kappa shape index (κ1) is 27.3. The number of rotatable bonds is 2. The van der Waals surface area contributed by atoms with E-state index in [2.05, 4.69) is 10.3 Å². The molecule has 7 heteroatoms. The van der Waals surface area contributed by atoms with Gasteiger partial charge in [0, 0.05) is 35.0 Å². The van der Waals surface area contributed by atoms with Crippen molar-refractivity contribution in [1.29, 1.82) is 0 Å². The molecule has 0 bridgehead atoms. The molecule has 1 fully saturated rings. The Morgan fingerprint density at radius 3 is 2.51 bits per heavy atom. The highest BCUT2D eigenvalue weighted by Crippen LogP contribution is 2.55. The van der Waals surface area contributed by atoms with Gasteiger partial charge in [0.05, 0.1) is 6.10 Å². The molecule has 1 spiro atoms. The van der Waals surface area contributed by atoms with E-state index in [0.717, 1.165) is 27.6 Å². The first-order valence-electron chi connectivity index (χ1n) is 13.7. The lowest BCUT2D eigenvalue weighted by molar-refractivity contribution is -0.144. The Morgan fingerprint density at radius 1 is 1.00 bits per heavy atom. The number of nitrogens with one attached hydrogen (secondary N) is 2. The summed E-state index contributed by atoms with van der Waals surface area (Å²) < 4.78 is 0. The van der Waals surface area contributed by atoms with Crippen LogP contribution in [0.1, 0.15) is 39.7 Å². The summed E-state index contributed by atoms with van der Waals surface area (Å²) in [4.78, 5) is 31.5. The summed E-state index contributed by atoms with van der Waals surface area (Å²) in [5.41, 5.74) is 2.66. The third-order valence-corrected chi connectivity index (χ3v) is 9.14. The molecule has 39 heavy (non-hydrogen) atoms. The Labute approximate surface area is 229 Å². The van der Waals surface area contributed by atoms with E-state index in [1.165, 1.54) is 12.2 Å². The largest absolute Gasteiger partial charge is 0.388 e. The fourth-order valence-electron chi connectivity index (χ4n) is 6.98. The minimum Gasteiger partial charge on any atom is -0.388 e. The van der Waals surface area contributed by atoms with Crippen LogP contribution < -0.4 is 5.32 Å².